The molecular weight excluding hydrogens is 336 g/mol. The van der Waals surface area contributed by atoms with Crippen molar-refractivity contribution in [2.75, 3.05) is 13.2 Å². The van der Waals surface area contributed by atoms with Gasteiger partial charge >= 0.3 is 12.0 Å². The minimum absolute atomic E-state index is 0.0722. The Hall–Kier alpha value is -2.57. The van der Waals surface area contributed by atoms with E-state index in [9.17, 15) is 14.4 Å². The third-order valence-electron chi connectivity index (χ3n) is 4.42. The number of benzene rings is 1. The molecule has 142 valence electrons. The van der Waals surface area contributed by atoms with Crippen LogP contribution in [0.3, 0.4) is 0 Å². The normalized spacial score (nSPS) is 19.3. The lowest BCUT2D eigenvalue weighted by molar-refractivity contribution is -0.123. The number of esters is 1. The molecule has 0 aliphatic heterocycles. The SMILES string of the molecule is CCOc1ccc(C(=O)OCC(=O)NC(=O)N[C@@H]2CCCC[C@@H]2C)cc1. The number of nitrogens with one attached hydrogen (secondary N) is 2. The smallest absolute Gasteiger partial charge is 0.338 e. The fraction of sp³-hybridized carbons (Fsp3) is 0.526. The lowest BCUT2D eigenvalue weighted by Gasteiger charge is -2.29. The Labute approximate surface area is 153 Å². The summed E-state index contributed by atoms with van der Waals surface area (Å²) in [6.07, 6.45) is 4.22. The van der Waals surface area contributed by atoms with Crippen LogP contribution in [0.2, 0.25) is 0 Å². The molecule has 0 bridgehead atoms. The summed E-state index contributed by atoms with van der Waals surface area (Å²) in [5.41, 5.74) is 0.307. The Morgan fingerprint density at radius 3 is 2.46 bits per heavy atom. The Balaban J connectivity index is 1.73. The monoisotopic (exact) mass is 362 g/mol. The van der Waals surface area contributed by atoms with Crippen molar-refractivity contribution in [3.63, 3.8) is 0 Å². The highest BCUT2D eigenvalue weighted by Gasteiger charge is 2.23. The molecule has 0 saturated heterocycles. The van der Waals surface area contributed by atoms with E-state index >= 15 is 0 Å². The van der Waals surface area contributed by atoms with Gasteiger partial charge in [0.1, 0.15) is 5.75 Å². The van der Waals surface area contributed by atoms with Gasteiger partial charge in [0.2, 0.25) is 0 Å². The molecule has 26 heavy (non-hydrogen) atoms. The number of hydrogen-bond acceptors (Lipinski definition) is 5. The van der Waals surface area contributed by atoms with Crippen molar-refractivity contribution in [1.29, 1.82) is 0 Å². The van der Waals surface area contributed by atoms with Crippen molar-refractivity contribution in [3.05, 3.63) is 29.8 Å². The maximum Gasteiger partial charge on any atom is 0.338 e. The van der Waals surface area contributed by atoms with E-state index < -0.39 is 24.5 Å². The summed E-state index contributed by atoms with van der Waals surface area (Å²) in [5, 5.41) is 5.01. The topological polar surface area (TPSA) is 93.7 Å². The standard InChI is InChI=1S/C19H26N2O5/c1-3-25-15-10-8-14(9-11-15)18(23)26-12-17(22)21-19(24)20-16-7-5-4-6-13(16)2/h8-11,13,16H,3-7,12H2,1-2H3,(H2,20,21,22,24)/t13-,16+/m0/s1. The first-order chi connectivity index (χ1) is 12.5. The number of urea groups is 1. The number of carbonyl (C=O) groups excluding carboxylic acids is 3. The number of ether oxygens (including phenoxy) is 2. The third kappa shape index (κ3) is 6.06. The Bertz CT molecular complexity index is 629. The Kier molecular flexibility index (Phi) is 7.44. The van der Waals surface area contributed by atoms with Crippen LogP contribution >= 0.6 is 0 Å². The molecule has 1 aliphatic carbocycles. The van der Waals surface area contributed by atoms with Gasteiger partial charge in [-0.05, 0) is 49.9 Å². The van der Waals surface area contributed by atoms with Crippen molar-refractivity contribution in [2.45, 2.75) is 45.6 Å². The van der Waals surface area contributed by atoms with Gasteiger partial charge in [-0.1, -0.05) is 19.8 Å². The zero-order chi connectivity index (χ0) is 18.9. The Morgan fingerprint density at radius 1 is 1.12 bits per heavy atom. The lowest BCUT2D eigenvalue weighted by atomic mass is 9.86. The van der Waals surface area contributed by atoms with Crippen LogP contribution in [-0.4, -0.2) is 37.2 Å². The van der Waals surface area contributed by atoms with E-state index in [4.69, 9.17) is 9.47 Å². The second-order valence-electron chi connectivity index (χ2n) is 6.42. The average molecular weight is 362 g/mol. The molecule has 1 fully saturated rings. The quantitative estimate of drug-likeness (QED) is 0.759. The second kappa shape index (κ2) is 9.79. The molecular formula is C19H26N2O5. The predicted molar refractivity (Wildman–Crippen MR) is 96.0 cm³/mol. The minimum atomic E-state index is -0.662. The van der Waals surface area contributed by atoms with Gasteiger partial charge < -0.3 is 14.8 Å². The molecule has 2 N–H and O–H groups in total. The number of imide groups is 1. The first-order valence-electron chi connectivity index (χ1n) is 9.00. The van der Waals surface area contributed by atoms with Crippen LogP contribution in [0.4, 0.5) is 4.79 Å². The van der Waals surface area contributed by atoms with Crippen molar-refractivity contribution < 1.29 is 23.9 Å². The molecule has 2 rings (SSSR count). The fourth-order valence-electron chi connectivity index (χ4n) is 2.97. The van der Waals surface area contributed by atoms with E-state index in [1.165, 1.54) is 6.42 Å². The van der Waals surface area contributed by atoms with Crippen LogP contribution in [0.25, 0.3) is 0 Å². The second-order valence-corrected chi connectivity index (χ2v) is 6.42. The summed E-state index contributed by atoms with van der Waals surface area (Å²) in [6.45, 7) is 3.97. The van der Waals surface area contributed by atoms with Gasteiger partial charge in [0, 0.05) is 6.04 Å². The van der Waals surface area contributed by atoms with Crippen LogP contribution in [0, 0.1) is 5.92 Å². The Morgan fingerprint density at radius 2 is 1.81 bits per heavy atom. The van der Waals surface area contributed by atoms with Gasteiger partial charge in [0.25, 0.3) is 5.91 Å². The molecule has 0 heterocycles. The van der Waals surface area contributed by atoms with Crippen LogP contribution < -0.4 is 15.4 Å². The molecule has 1 aromatic carbocycles. The summed E-state index contributed by atoms with van der Waals surface area (Å²) >= 11 is 0. The number of amides is 3. The predicted octanol–water partition coefficient (Wildman–Crippen LogP) is 2.65. The molecule has 1 aromatic rings. The third-order valence-corrected chi connectivity index (χ3v) is 4.42. The van der Waals surface area contributed by atoms with Crippen molar-refractivity contribution >= 4 is 17.9 Å². The molecule has 3 amide bonds. The average Bonchev–Trinajstić information content (AvgIpc) is 2.62. The molecule has 0 radical (unpaired) electrons. The van der Waals surface area contributed by atoms with E-state index in [0.717, 1.165) is 19.3 Å². The van der Waals surface area contributed by atoms with Crippen LogP contribution in [0.15, 0.2) is 24.3 Å². The van der Waals surface area contributed by atoms with Crippen molar-refractivity contribution in [3.8, 4) is 5.75 Å². The number of hydrogen-bond donors (Lipinski definition) is 2. The van der Waals surface area contributed by atoms with Crippen LogP contribution in [-0.2, 0) is 9.53 Å². The van der Waals surface area contributed by atoms with Crippen molar-refractivity contribution in [1.82, 2.24) is 10.6 Å². The molecule has 2 atom stereocenters. The summed E-state index contributed by atoms with van der Waals surface area (Å²) < 4.78 is 10.2. The van der Waals surface area contributed by atoms with Crippen LogP contribution in [0.1, 0.15) is 49.9 Å². The zero-order valence-corrected chi connectivity index (χ0v) is 15.2. The maximum absolute atomic E-state index is 11.9. The maximum atomic E-state index is 11.9. The van der Waals surface area contributed by atoms with E-state index in [1.807, 2.05) is 6.92 Å². The number of rotatable bonds is 6. The van der Waals surface area contributed by atoms with E-state index in [2.05, 4.69) is 17.6 Å². The summed E-state index contributed by atoms with van der Waals surface area (Å²) in [5.74, 6) is -0.257. The summed E-state index contributed by atoms with van der Waals surface area (Å²) in [6, 6.07) is 5.94. The molecule has 7 nitrogen and oxygen atoms in total. The summed E-state index contributed by atoms with van der Waals surface area (Å²) in [7, 11) is 0. The largest absolute Gasteiger partial charge is 0.494 e. The summed E-state index contributed by atoms with van der Waals surface area (Å²) in [4.78, 5) is 35.6. The van der Waals surface area contributed by atoms with Gasteiger partial charge in [-0.3, -0.25) is 10.1 Å². The minimum Gasteiger partial charge on any atom is -0.494 e. The zero-order valence-electron chi connectivity index (χ0n) is 15.2. The highest BCUT2D eigenvalue weighted by atomic mass is 16.5. The highest BCUT2D eigenvalue weighted by Crippen LogP contribution is 2.23. The molecule has 0 aromatic heterocycles. The van der Waals surface area contributed by atoms with Gasteiger partial charge in [0.15, 0.2) is 6.61 Å². The van der Waals surface area contributed by atoms with Crippen molar-refractivity contribution in [2.24, 2.45) is 5.92 Å². The molecule has 0 unspecified atom stereocenters. The highest BCUT2D eigenvalue weighted by molar-refractivity contribution is 5.97. The van der Waals surface area contributed by atoms with Gasteiger partial charge in [-0.2, -0.15) is 0 Å². The van der Waals surface area contributed by atoms with E-state index in [0.29, 0.717) is 23.8 Å². The molecule has 1 aliphatic rings. The lowest BCUT2D eigenvalue weighted by Crippen LogP contribution is -2.48. The molecule has 0 spiro atoms. The van der Waals surface area contributed by atoms with E-state index in [-0.39, 0.29) is 6.04 Å². The first kappa shape index (κ1) is 19.8. The molecule has 1 saturated carbocycles. The van der Waals surface area contributed by atoms with Gasteiger partial charge in [0.05, 0.1) is 12.2 Å². The number of carbonyl (C=O) groups is 3. The van der Waals surface area contributed by atoms with Gasteiger partial charge in [-0.25, -0.2) is 9.59 Å². The van der Waals surface area contributed by atoms with Crippen LogP contribution in [0.5, 0.6) is 5.75 Å². The molecule has 7 heteroatoms. The van der Waals surface area contributed by atoms with Gasteiger partial charge in [-0.15, -0.1) is 0 Å². The first-order valence-corrected chi connectivity index (χ1v) is 9.00. The van der Waals surface area contributed by atoms with E-state index in [1.54, 1.807) is 24.3 Å². The fourth-order valence-corrected chi connectivity index (χ4v) is 2.97.